The van der Waals surface area contributed by atoms with E-state index in [1.165, 1.54) is 6.42 Å². The van der Waals surface area contributed by atoms with Crippen LogP contribution in [0.1, 0.15) is 32.6 Å². The Kier molecular flexibility index (Phi) is 3.58. The maximum Gasteiger partial charge on any atom is 0.0693 e. The highest BCUT2D eigenvalue weighted by molar-refractivity contribution is 4.98. The van der Waals surface area contributed by atoms with E-state index in [1.54, 1.807) is 0 Å². The minimum absolute atomic E-state index is 0.0720. The Bertz CT molecular complexity index is 173. The zero-order valence-corrected chi connectivity index (χ0v) is 7.59. The standard InChI is InChI=1S/C10H17NO/c1-3-8(2)11-9-6-4-5-7-10(9)12/h1,8-12H,4-7H2,2H3/t8?,9-,10-/m0/s1. The Morgan fingerprint density at radius 3 is 2.75 bits per heavy atom. The number of aliphatic hydroxyl groups is 1. The molecule has 3 atom stereocenters. The number of aliphatic hydroxyl groups excluding tert-OH is 1. The first kappa shape index (κ1) is 9.57. The summed E-state index contributed by atoms with van der Waals surface area (Å²) in [7, 11) is 0. The van der Waals surface area contributed by atoms with Crippen LogP contribution in [0.25, 0.3) is 0 Å². The Morgan fingerprint density at radius 2 is 2.17 bits per heavy atom. The van der Waals surface area contributed by atoms with Crippen LogP contribution < -0.4 is 5.32 Å². The molecule has 0 spiro atoms. The van der Waals surface area contributed by atoms with Crippen LogP contribution in [0.4, 0.5) is 0 Å². The van der Waals surface area contributed by atoms with Gasteiger partial charge in [-0.15, -0.1) is 6.42 Å². The maximum absolute atomic E-state index is 9.58. The van der Waals surface area contributed by atoms with E-state index in [9.17, 15) is 5.11 Å². The van der Waals surface area contributed by atoms with Gasteiger partial charge < -0.3 is 5.11 Å². The Labute approximate surface area is 74.4 Å². The average molecular weight is 167 g/mol. The molecule has 2 N–H and O–H groups in total. The molecule has 0 aromatic heterocycles. The predicted octanol–water partition coefficient (Wildman–Crippen LogP) is 0.901. The predicted molar refractivity (Wildman–Crippen MR) is 49.7 cm³/mol. The molecule has 0 saturated heterocycles. The van der Waals surface area contributed by atoms with Gasteiger partial charge in [0.25, 0.3) is 0 Å². The van der Waals surface area contributed by atoms with Crippen LogP contribution in [0.15, 0.2) is 0 Å². The van der Waals surface area contributed by atoms with E-state index in [0.29, 0.717) is 0 Å². The fourth-order valence-corrected chi connectivity index (χ4v) is 1.67. The molecule has 1 fully saturated rings. The van der Waals surface area contributed by atoms with Crippen molar-refractivity contribution in [1.29, 1.82) is 0 Å². The van der Waals surface area contributed by atoms with Gasteiger partial charge >= 0.3 is 0 Å². The summed E-state index contributed by atoms with van der Waals surface area (Å²) < 4.78 is 0. The molecule has 2 heteroatoms. The molecule has 12 heavy (non-hydrogen) atoms. The van der Waals surface area contributed by atoms with Gasteiger partial charge in [-0.2, -0.15) is 0 Å². The average Bonchev–Trinajstić information content (AvgIpc) is 2.09. The summed E-state index contributed by atoms with van der Waals surface area (Å²) in [6.45, 7) is 1.95. The van der Waals surface area contributed by atoms with Crippen molar-refractivity contribution in [2.24, 2.45) is 0 Å². The zero-order chi connectivity index (χ0) is 8.97. The van der Waals surface area contributed by atoms with Gasteiger partial charge in [-0.1, -0.05) is 18.8 Å². The third-order valence-corrected chi connectivity index (χ3v) is 2.44. The molecule has 0 aliphatic heterocycles. The fourth-order valence-electron chi connectivity index (χ4n) is 1.67. The Hall–Kier alpha value is -0.520. The van der Waals surface area contributed by atoms with Gasteiger partial charge in [0.05, 0.1) is 12.1 Å². The SMILES string of the molecule is C#CC(C)N[C@H]1CCCC[C@@H]1O. The molecule has 0 radical (unpaired) electrons. The third-order valence-electron chi connectivity index (χ3n) is 2.44. The van der Waals surface area contributed by atoms with E-state index in [4.69, 9.17) is 6.42 Å². The smallest absolute Gasteiger partial charge is 0.0693 e. The quantitative estimate of drug-likeness (QED) is 0.599. The normalized spacial score (nSPS) is 32.4. The number of nitrogens with one attached hydrogen (secondary N) is 1. The van der Waals surface area contributed by atoms with Crippen molar-refractivity contribution in [3.05, 3.63) is 0 Å². The molecule has 0 aromatic carbocycles. The van der Waals surface area contributed by atoms with Gasteiger partial charge in [0, 0.05) is 6.04 Å². The fraction of sp³-hybridized carbons (Fsp3) is 0.800. The van der Waals surface area contributed by atoms with Crippen LogP contribution in [0.3, 0.4) is 0 Å². The summed E-state index contributed by atoms with van der Waals surface area (Å²) in [6.07, 6.45) is 9.34. The van der Waals surface area contributed by atoms with Crippen molar-refractivity contribution >= 4 is 0 Å². The monoisotopic (exact) mass is 167 g/mol. The molecular weight excluding hydrogens is 150 g/mol. The van der Waals surface area contributed by atoms with Gasteiger partial charge in [0.2, 0.25) is 0 Å². The lowest BCUT2D eigenvalue weighted by molar-refractivity contribution is 0.0890. The van der Waals surface area contributed by atoms with Crippen LogP contribution in [-0.2, 0) is 0 Å². The van der Waals surface area contributed by atoms with Crippen molar-refractivity contribution in [1.82, 2.24) is 5.32 Å². The van der Waals surface area contributed by atoms with Gasteiger partial charge in [0.15, 0.2) is 0 Å². The number of terminal acetylenes is 1. The first-order valence-electron chi connectivity index (χ1n) is 4.64. The summed E-state index contributed by atoms with van der Waals surface area (Å²) in [6, 6.07) is 0.285. The van der Waals surface area contributed by atoms with Crippen molar-refractivity contribution in [2.75, 3.05) is 0 Å². The minimum atomic E-state index is -0.199. The highest BCUT2D eigenvalue weighted by Gasteiger charge is 2.23. The lowest BCUT2D eigenvalue weighted by atomic mass is 9.92. The summed E-state index contributed by atoms with van der Waals surface area (Å²) in [5.41, 5.74) is 0. The second-order valence-corrected chi connectivity index (χ2v) is 3.51. The molecule has 1 aliphatic rings. The van der Waals surface area contributed by atoms with E-state index in [2.05, 4.69) is 11.2 Å². The van der Waals surface area contributed by atoms with E-state index in [-0.39, 0.29) is 18.2 Å². The second kappa shape index (κ2) is 4.49. The summed E-state index contributed by atoms with van der Waals surface area (Å²) >= 11 is 0. The molecule has 1 aliphatic carbocycles. The lowest BCUT2D eigenvalue weighted by Gasteiger charge is -2.29. The lowest BCUT2D eigenvalue weighted by Crippen LogP contribution is -2.45. The van der Waals surface area contributed by atoms with Crippen LogP contribution in [0, 0.1) is 12.3 Å². The molecule has 0 bridgehead atoms. The van der Waals surface area contributed by atoms with Crippen molar-refractivity contribution in [3.8, 4) is 12.3 Å². The minimum Gasteiger partial charge on any atom is -0.392 e. The van der Waals surface area contributed by atoms with E-state index in [0.717, 1.165) is 19.3 Å². The molecule has 0 heterocycles. The topological polar surface area (TPSA) is 32.3 Å². The molecule has 1 unspecified atom stereocenters. The number of hydrogen-bond acceptors (Lipinski definition) is 2. The van der Waals surface area contributed by atoms with Crippen molar-refractivity contribution in [3.63, 3.8) is 0 Å². The van der Waals surface area contributed by atoms with Crippen molar-refractivity contribution < 1.29 is 5.11 Å². The third kappa shape index (κ3) is 2.51. The summed E-state index contributed by atoms with van der Waals surface area (Å²) in [5, 5.41) is 12.8. The van der Waals surface area contributed by atoms with Crippen LogP contribution in [0.5, 0.6) is 0 Å². The van der Waals surface area contributed by atoms with E-state index < -0.39 is 0 Å². The molecule has 0 amide bonds. The van der Waals surface area contributed by atoms with Crippen LogP contribution >= 0.6 is 0 Å². The van der Waals surface area contributed by atoms with Crippen LogP contribution in [-0.4, -0.2) is 23.3 Å². The van der Waals surface area contributed by atoms with Gasteiger partial charge in [0.1, 0.15) is 0 Å². The highest BCUT2D eigenvalue weighted by atomic mass is 16.3. The Balaban J connectivity index is 2.35. The summed E-state index contributed by atoms with van der Waals surface area (Å²) in [5.74, 6) is 2.61. The molecule has 68 valence electrons. The molecule has 2 nitrogen and oxygen atoms in total. The van der Waals surface area contributed by atoms with E-state index >= 15 is 0 Å². The molecule has 1 rings (SSSR count). The molecule has 1 saturated carbocycles. The summed E-state index contributed by atoms with van der Waals surface area (Å²) in [4.78, 5) is 0. The van der Waals surface area contributed by atoms with E-state index in [1.807, 2.05) is 6.92 Å². The number of hydrogen-bond donors (Lipinski definition) is 2. The van der Waals surface area contributed by atoms with Gasteiger partial charge in [-0.05, 0) is 19.8 Å². The zero-order valence-electron chi connectivity index (χ0n) is 7.59. The highest BCUT2D eigenvalue weighted by Crippen LogP contribution is 2.18. The van der Waals surface area contributed by atoms with Crippen LogP contribution in [0.2, 0.25) is 0 Å². The maximum atomic E-state index is 9.58. The van der Waals surface area contributed by atoms with Crippen molar-refractivity contribution in [2.45, 2.75) is 50.8 Å². The Morgan fingerprint density at radius 1 is 1.50 bits per heavy atom. The van der Waals surface area contributed by atoms with Gasteiger partial charge in [-0.3, -0.25) is 5.32 Å². The largest absolute Gasteiger partial charge is 0.392 e. The molecule has 0 aromatic rings. The number of rotatable bonds is 2. The first-order valence-corrected chi connectivity index (χ1v) is 4.64. The second-order valence-electron chi connectivity index (χ2n) is 3.51. The first-order chi connectivity index (χ1) is 5.74. The molecular formula is C10H17NO. The van der Waals surface area contributed by atoms with Gasteiger partial charge in [-0.25, -0.2) is 0 Å².